The number of ether oxygens (including phenoxy) is 3. The van der Waals surface area contributed by atoms with Gasteiger partial charge in [0.05, 0.1) is 30.6 Å². The Morgan fingerprint density at radius 1 is 1.11 bits per heavy atom. The summed E-state index contributed by atoms with van der Waals surface area (Å²) in [5.41, 5.74) is 0.739. The minimum Gasteiger partial charge on any atom is -0.474 e. The molecule has 3 aromatic rings. The van der Waals surface area contributed by atoms with Crippen molar-refractivity contribution in [2.45, 2.75) is 38.7 Å². The van der Waals surface area contributed by atoms with Gasteiger partial charge in [-0.05, 0) is 38.4 Å². The average Bonchev–Trinajstić information content (AvgIpc) is 3.00. The smallest absolute Gasteiger partial charge is 0.417 e. The molecule has 16 heteroatoms. The first-order chi connectivity index (χ1) is 20.9. The third kappa shape index (κ3) is 6.86. The average molecular weight is 630 g/mol. The van der Waals surface area contributed by atoms with Crippen molar-refractivity contribution < 1.29 is 40.6 Å². The summed E-state index contributed by atoms with van der Waals surface area (Å²) in [6, 6.07) is 0.276. The molecule has 2 aliphatic heterocycles. The maximum absolute atomic E-state index is 16.4. The van der Waals surface area contributed by atoms with Gasteiger partial charge in [-0.15, -0.1) is 0 Å². The van der Waals surface area contributed by atoms with E-state index in [1.165, 1.54) is 0 Å². The van der Waals surface area contributed by atoms with Gasteiger partial charge < -0.3 is 30.6 Å². The van der Waals surface area contributed by atoms with E-state index in [1.54, 1.807) is 6.92 Å². The molecule has 0 bridgehead atoms. The van der Waals surface area contributed by atoms with Gasteiger partial charge in [0.25, 0.3) is 0 Å². The number of pyridine rings is 1. The number of hydrogen-bond donors (Lipinski definition) is 3. The first kappa shape index (κ1) is 31.8. The van der Waals surface area contributed by atoms with E-state index in [4.69, 9.17) is 19.9 Å². The SMILES string of the molecule is Cc1c(F)c(N)cc(-c2nc3c4c(nc(OC[C@@H](F)CN5CCOCC5)nc4c2F)NCCNCC[C@H](C)O3)c1C(F)(F)F. The molecule has 0 spiro atoms. The number of nitrogens with two attached hydrogens (primary N) is 1. The molecule has 0 unspecified atom stereocenters. The highest BCUT2D eigenvalue weighted by Crippen LogP contribution is 2.44. The molecule has 10 nitrogen and oxygen atoms in total. The molecule has 240 valence electrons. The Balaban J connectivity index is 1.64. The van der Waals surface area contributed by atoms with Crippen molar-refractivity contribution in [3.8, 4) is 23.1 Å². The fourth-order valence-corrected chi connectivity index (χ4v) is 5.18. The monoisotopic (exact) mass is 629 g/mol. The van der Waals surface area contributed by atoms with E-state index in [2.05, 4.69) is 25.6 Å². The van der Waals surface area contributed by atoms with Crippen LogP contribution < -0.4 is 25.8 Å². The number of halogens is 6. The summed E-state index contributed by atoms with van der Waals surface area (Å²) in [7, 11) is 0. The van der Waals surface area contributed by atoms with Gasteiger partial charge >= 0.3 is 12.2 Å². The van der Waals surface area contributed by atoms with E-state index in [9.17, 15) is 22.0 Å². The summed E-state index contributed by atoms with van der Waals surface area (Å²) >= 11 is 0. The van der Waals surface area contributed by atoms with E-state index in [0.717, 1.165) is 6.92 Å². The van der Waals surface area contributed by atoms with E-state index in [-0.39, 0.29) is 23.6 Å². The zero-order chi connectivity index (χ0) is 31.6. The summed E-state index contributed by atoms with van der Waals surface area (Å²) in [5, 5.41) is 6.20. The Morgan fingerprint density at radius 3 is 2.59 bits per heavy atom. The molecular weight excluding hydrogens is 596 g/mol. The van der Waals surface area contributed by atoms with Crippen molar-refractivity contribution >= 4 is 22.4 Å². The molecule has 2 atom stereocenters. The quantitative estimate of drug-likeness (QED) is 0.272. The van der Waals surface area contributed by atoms with Crippen LogP contribution in [-0.2, 0) is 10.9 Å². The molecular formula is C28H33F6N7O3. The van der Waals surface area contributed by atoms with Crippen molar-refractivity contribution in [1.82, 2.24) is 25.2 Å². The molecule has 5 rings (SSSR count). The molecule has 4 heterocycles. The third-order valence-corrected chi connectivity index (χ3v) is 7.38. The number of benzene rings is 1. The molecule has 0 saturated carbocycles. The first-order valence-corrected chi connectivity index (χ1v) is 14.2. The molecule has 2 aromatic heterocycles. The van der Waals surface area contributed by atoms with Crippen LogP contribution in [0.1, 0.15) is 24.5 Å². The molecule has 1 fully saturated rings. The lowest BCUT2D eigenvalue weighted by molar-refractivity contribution is -0.137. The number of aromatic nitrogens is 3. The van der Waals surface area contributed by atoms with Crippen LogP contribution in [0.4, 0.5) is 37.8 Å². The van der Waals surface area contributed by atoms with Crippen molar-refractivity contribution in [2.24, 2.45) is 0 Å². The molecule has 0 radical (unpaired) electrons. The van der Waals surface area contributed by atoms with Crippen LogP contribution in [0.15, 0.2) is 6.07 Å². The lowest BCUT2D eigenvalue weighted by Crippen LogP contribution is -2.41. The molecule has 1 aromatic carbocycles. The number of nitrogen functional groups attached to an aromatic ring is 1. The third-order valence-electron chi connectivity index (χ3n) is 7.38. The minimum absolute atomic E-state index is 0.0308. The summed E-state index contributed by atoms with van der Waals surface area (Å²) in [5.74, 6) is -2.77. The van der Waals surface area contributed by atoms with Crippen LogP contribution in [0.25, 0.3) is 22.2 Å². The van der Waals surface area contributed by atoms with Gasteiger partial charge in [-0.25, -0.2) is 18.2 Å². The Labute approximate surface area is 249 Å². The zero-order valence-electron chi connectivity index (χ0n) is 24.2. The summed E-state index contributed by atoms with van der Waals surface area (Å²) < 4.78 is 105. The van der Waals surface area contributed by atoms with Crippen LogP contribution in [0.5, 0.6) is 11.9 Å². The number of rotatable bonds is 6. The van der Waals surface area contributed by atoms with Gasteiger partial charge in [-0.1, -0.05) is 0 Å². The number of nitrogens with zero attached hydrogens (tertiary/aromatic N) is 4. The second-order valence-electron chi connectivity index (χ2n) is 10.7. The number of hydrogen-bond acceptors (Lipinski definition) is 10. The number of anilines is 2. The Bertz CT molecular complexity index is 1500. The van der Waals surface area contributed by atoms with Gasteiger partial charge in [0, 0.05) is 38.3 Å². The Kier molecular flexibility index (Phi) is 9.51. The summed E-state index contributed by atoms with van der Waals surface area (Å²) in [6.45, 7) is 5.67. The largest absolute Gasteiger partial charge is 0.474 e. The first-order valence-electron chi connectivity index (χ1n) is 14.2. The Hall–Kier alpha value is -3.63. The molecule has 2 aliphatic rings. The number of nitrogens with one attached hydrogen (secondary N) is 2. The van der Waals surface area contributed by atoms with E-state index in [1.807, 2.05) is 4.90 Å². The van der Waals surface area contributed by atoms with Crippen LogP contribution in [-0.4, -0.2) is 91.2 Å². The van der Waals surface area contributed by atoms with Gasteiger partial charge in [0.1, 0.15) is 41.0 Å². The van der Waals surface area contributed by atoms with Crippen LogP contribution in [0, 0.1) is 18.6 Å². The highest BCUT2D eigenvalue weighted by molar-refractivity contribution is 5.96. The fourth-order valence-electron chi connectivity index (χ4n) is 5.18. The lowest BCUT2D eigenvalue weighted by atomic mass is 9.96. The normalized spacial score (nSPS) is 19.1. The van der Waals surface area contributed by atoms with E-state index >= 15 is 4.39 Å². The topological polar surface area (TPSA) is 120 Å². The van der Waals surface area contributed by atoms with Crippen molar-refractivity contribution in [1.29, 1.82) is 0 Å². The van der Waals surface area contributed by atoms with Crippen LogP contribution in [0.3, 0.4) is 0 Å². The maximum atomic E-state index is 16.4. The second kappa shape index (κ2) is 13.2. The predicted octanol–water partition coefficient (Wildman–Crippen LogP) is 4.10. The Morgan fingerprint density at radius 2 is 1.86 bits per heavy atom. The molecule has 4 N–H and O–H groups in total. The summed E-state index contributed by atoms with van der Waals surface area (Å²) in [4.78, 5) is 14.5. The van der Waals surface area contributed by atoms with Crippen LogP contribution >= 0.6 is 0 Å². The van der Waals surface area contributed by atoms with Gasteiger partial charge in [0.15, 0.2) is 5.82 Å². The highest BCUT2D eigenvalue weighted by atomic mass is 19.4. The van der Waals surface area contributed by atoms with Gasteiger partial charge in [-0.3, -0.25) is 4.90 Å². The lowest BCUT2D eigenvalue weighted by Gasteiger charge is -2.27. The second-order valence-corrected chi connectivity index (χ2v) is 10.7. The molecule has 1 saturated heterocycles. The van der Waals surface area contributed by atoms with Crippen molar-refractivity contribution in [3.05, 3.63) is 28.8 Å². The van der Waals surface area contributed by atoms with Gasteiger partial charge in [-0.2, -0.15) is 23.1 Å². The molecule has 0 amide bonds. The predicted molar refractivity (Wildman–Crippen MR) is 151 cm³/mol. The summed E-state index contributed by atoms with van der Waals surface area (Å²) in [6.07, 6.45) is -6.55. The van der Waals surface area contributed by atoms with Crippen molar-refractivity contribution in [2.75, 3.05) is 70.1 Å². The minimum atomic E-state index is -5.08. The number of morpholine rings is 1. The fraction of sp³-hybridized carbons (Fsp3) is 0.536. The van der Waals surface area contributed by atoms with Crippen LogP contribution in [0.2, 0.25) is 0 Å². The maximum Gasteiger partial charge on any atom is 0.417 e. The van der Waals surface area contributed by atoms with E-state index in [0.29, 0.717) is 58.4 Å². The van der Waals surface area contributed by atoms with E-state index < -0.39 is 76.3 Å². The van der Waals surface area contributed by atoms with Gasteiger partial charge in [0.2, 0.25) is 5.88 Å². The molecule has 0 aliphatic carbocycles. The standard InChI is InChI=1S/C28H33F6N7O3/c1-14-3-4-36-5-6-37-25-19-24(39-27(40-25)43-13-16(29)12-41-7-9-42-10-8-41)22(31)23(38-26(19)44-14)17-11-18(35)21(30)15(2)20(17)28(32,33)34/h11,14,16,36H,3-10,12-13,35H2,1-2H3,(H,37,39,40)/t14-,16-/m0/s1. The number of alkyl halides is 4. The molecule has 44 heavy (non-hydrogen) atoms. The zero-order valence-corrected chi connectivity index (χ0v) is 24.2. The highest BCUT2D eigenvalue weighted by Gasteiger charge is 2.39. The van der Waals surface area contributed by atoms with Crippen molar-refractivity contribution in [3.63, 3.8) is 0 Å².